The Morgan fingerprint density at radius 3 is 2.62 bits per heavy atom. The Kier molecular flexibility index (Phi) is 6.78. The Morgan fingerprint density at radius 1 is 1.12 bits per heavy atom. The van der Waals surface area contributed by atoms with Gasteiger partial charge in [0, 0.05) is 36.3 Å². The molecule has 4 heterocycles. The standard InChI is InChI=1S/C27H27ClF3N5O4/c28-18-5-1-3-15-4-2-6-20(23(15)18)34-9-7-17-19(13-34)32-25(40-10-8-27(29,30)31)33-24(17)35-12-16-11-22(37)21(14-35)36(16)26(38)39/h1-6,16,21-22,37H,7-14H2,(H,38,39)/t16-,21-,22-/m1/s1. The average molecular weight is 578 g/mol. The maximum absolute atomic E-state index is 12.8. The van der Waals surface area contributed by atoms with E-state index in [9.17, 15) is 28.2 Å². The monoisotopic (exact) mass is 577 g/mol. The number of piperazine rings is 1. The SMILES string of the molecule is O=C(O)N1[C@@H]2C[C@@H](O)[C@H]1CN(c1nc(OCCC(F)(F)F)nc3c1CCN(c1cccc4cccc(Cl)c14)C3)C2. The molecule has 0 radical (unpaired) electrons. The molecule has 13 heteroatoms. The molecule has 3 aromatic rings. The Morgan fingerprint density at radius 2 is 1.90 bits per heavy atom. The molecule has 212 valence electrons. The third kappa shape index (κ3) is 4.94. The summed E-state index contributed by atoms with van der Waals surface area (Å²) in [6.45, 7) is 0.856. The number of nitrogens with zero attached hydrogens (tertiary/aromatic N) is 5. The van der Waals surface area contributed by atoms with Crippen LogP contribution in [0.15, 0.2) is 36.4 Å². The molecular weight excluding hydrogens is 551 g/mol. The number of carbonyl (C=O) groups is 1. The van der Waals surface area contributed by atoms with Gasteiger partial charge in [-0.15, -0.1) is 0 Å². The average Bonchev–Trinajstić information content (AvgIpc) is 3.11. The van der Waals surface area contributed by atoms with E-state index < -0.39 is 43.5 Å². The van der Waals surface area contributed by atoms with Crippen molar-refractivity contribution in [1.29, 1.82) is 0 Å². The molecule has 40 heavy (non-hydrogen) atoms. The third-order valence-corrected chi connectivity index (χ3v) is 8.19. The second-order valence-electron chi connectivity index (χ2n) is 10.4. The number of rotatable bonds is 5. The minimum atomic E-state index is -4.38. The van der Waals surface area contributed by atoms with Crippen molar-refractivity contribution in [3.05, 3.63) is 52.7 Å². The van der Waals surface area contributed by atoms with E-state index >= 15 is 0 Å². The zero-order valence-electron chi connectivity index (χ0n) is 21.3. The first-order valence-electron chi connectivity index (χ1n) is 13.0. The van der Waals surface area contributed by atoms with E-state index in [0.29, 0.717) is 49.0 Å². The summed E-state index contributed by atoms with van der Waals surface area (Å²) in [4.78, 5) is 26.2. The van der Waals surface area contributed by atoms with E-state index in [-0.39, 0.29) is 12.6 Å². The van der Waals surface area contributed by atoms with Crippen molar-refractivity contribution in [3.63, 3.8) is 0 Å². The normalized spacial score (nSPS) is 22.5. The summed E-state index contributed by atoms with van der Waals surface area (Å²) in [6.07, 6.45) is -6.56. The molecule has 2 saturated heterocycles. The summed E-state index contributed by atoms with van der Waals surface area (Å²) in [5, 5.41) is 22.7. The molecule has 0 aliphatic carbocycles. The fourth-order valence-electron chi connectivity index (χ4n) is 6.12. The zero-order chi connectivity index (χ0) is 28.2. The highest BCUT2D eigenvalue weighted by Crippen LogP contribution is 2.39. The molecule has 9 nitrogen and oxygen atoms in total. The molecule has 2 fully saturated rings. The quantitative estimate of drug-likeness (QED) is 0.458. The van der Waals surface area contributed by atoms with Crippen LogP contribution in [0, 0.1) is 0 Å². The van der Waals surface area contributed by atoms with E-state index in [2.05, 4.69) is 14.9 Å². The van der Waals surface area contributed by atoms with Gasteiger partial charge in [0.25, 0.3) is 0 Å². The van der Waals surface area contributed by atoms with Crippen molar-refractivity contribution in [3.8, 4) is 6.01 Å². The lowest BCUT2D eigenvalue weighted by molar-refractivity contribution is -0.139. The van der Waals surface area contributed by atoms with Crippen molar-refractivity contribution >= 4 is 40.0 Å². The number of aliphatic hydroxyl groups is 1. The lowest BCUT2D eigenvalue weighted by atomic mass is 10.0. The van der Waals surface area contributed by atoms with E-state index in [1.165, 1.54) is 4.90 Å². The van der Waals surface area contributed by atoms with Crippen molar-refractivity contribution in [1.82, 2.24) is 14.9 Å². The minimum absolute atomic E-state index is 0.163. The number of carboxylic acid groups (broad SMARTS) is 1. The molecule has 6 rings (SSSR count). The van der Waals surface area contributed by atoms with Gasteiger partial charge in [-0.1, -0.05) is 35.9 Å². The lowest BCUT2D eigenvalue weighted by Gasteiger charge is -2.41. The number of alkyl halides is 3. The van der Waals surface area contributed by atoms with Crippen LogP contribution in [-0.4, -0.2) is 81.8 Å². The molecule has 2 aromatic carbocycles. The zero-order valence-corrected chi connectivity index (χ0v) is 22.1. The second-order valence-corrected chi connectivity index (χ2v) is 10.8. The highest BCUT2D eigenvalue weighted by molar-refractivity contribution is 6.36. The fourth-order valence-corrected chi connectivity index (χ4v) is 6.40. The highest BCUT2D eigenvalue weighted by Gasteiger charge is 2.49. The summed E-state index contributed by atoms with van der Waals surface area (Å²) >= 11 is 6.57. The molecule has 1 aromatic heterocycles. The van der Waals surface area contributed by atoms with Gasteiger partial charge in [-0.05, 0) is 30.4 Å². The first-order chi connectivity index (χ1) is 19.1. The largest absolute Gasteiger partial charge is 0.465 e. The minimum Gasteiger partial charge on any atom is -0.465 e. The van der Waals surface area contributed by atoms with Crippen LogP contribution in [0.25, 0.3) is 10.8 Å². The van der Waals surface area contributed by atoms with Crippen molar-refractivity contribution in [2.75, 3.05) is 36.0 Å². The Hall–Kier alpha value is -3.51. The van der Waals surface area contributed by atoms with Gasteiger partial charge in [0.05, 0.1) is 41.9 Å². The van der Waals surface area contributed by atoms with E-state index in [1.807, 2.05) is 41.3 Å². The summed E-state index contributed by atoms with van der Waals surface area (Å²) in [6, 6.07) is 10.4. The Labute approximate surface area is 232 Å². The topological polar surface area (TPSA) is 102 Å². The highest BCUT2D eigenvalue weighted by atomic mass is 35.5. The molecule has 3 atom stereocenters. The van der Waals surface area contributed by atoms with Gasteiger partial charge in [-0.25, -0.2) is 4.79 Å². The Balaban J connectivity index is 1.35. The van der Waals surface area contributed by atoms with Crippen LogP contribution >= 0.6 is 11.6 Å². The molecular formula is C27H27ClF3N5O4. The predicted molar refractivity (Wildman–Crippen MR) is 142 cm³/mol. The number of anilines is 2. The van der Waals surface area contributed by atoms with Gasteiger partial charge in [-0.2, -0.15) is 23.1 Å². The number of hydrogen-bond acceptors (Lipinski definition) is 7. The van der Waals surface area contributed by atoms with Gasteiger partial charge < -0.3 is 24.7 Å². The van der Waals surface area contributed by atoms with Gasteiger partial charge in [0.2, 0.25) is 0 Å². The van der Waals surface area contributed by atoms with E-state index in [1.54, 1.807) is 0 Å². The first-order valence-corrected chi connectivity index (χ1v) is 13.4. The third-order valence-electron chi connectivity index (χ3n) is 7.88. The van der Waals surface area contributed by atoms with Crippen LogP contribution < -0.4 is 14.5 Å². The number of aliphatic hydroxyl groups excluding tert-OH is 1. The van der Waals surface area contributed by atoms with Gasteiger partial charge in [-0.3, -0.25) is 4.90 Å². The molecule has 1 amide bonds. The number of fused-ring (bicyclic) bond motifs is 4. The van der Waals surface area contributed by atoms with E-state index in [4.69, 9.17) is 16.3 Å². The molecule has 3 aliphatic heterocycles. The maximum atomic E-state index is 12.8. The molecule has 0 spiro atoms. The van der Waals surface area contributed by atoms with Gasteiger partial charge in [0.1, 0.15) is 12.4 Å². The molecule has 2 N–H and O–H groups in total. The second kappa shape index (κ2) is 10.2. The van der Waals surface area contributed by atoms with Crippen LogP contribution in [-0.2, 0) is 13.0 Å². The number of ether oxygens (including phenoxy) is 1. The molecule has 0 unspecified atom stereocenters. The number of benzene rings is 2. The number of hydrogen-bond donors (Lipinski definition) is 2. The van der Waals surface area contributed by atoms with Crippen LogP contribution in [0.3, 0.4) is 0 Å². The number of amides is 1. The van der Waals surface area contributed by atoms with Crippen LogP contribution in [0.1, 0.15) is 24.1 Å². The molecule has 3 aliphatic rings. The Bertz CT molecular complexity index is 1450. The number of halogens is 4. The van der Waals surface area contributed by atoms with Crippen molar-refractivity contribution in [2.24, 2.45) is 0 Å². The van der Waals surface area contributed by atoms with Crippen molar-refractivity contribution in [2.45, 2.75) is 50.2 Å². The maximum Gasteiger partial charge on any atom is 0.408 e. The predicted octanol–water partition coefficient (Wildman–Crippen LogP) is 4.48. The first kappa shape index (κ1) is 26.7. The van der Waals surface area contributed by atoms with Gasteiger partial charge in [0.15, 0.2) is 0 Å². The van der Waals surface area contributed by atoms with Gasteiger partial charge >= 0.3 is 18.3 Å². The fraction of sp³-hybridized carbons (Fsp3) is 0.444. The van der Waals surface area contributed by atoms with Crippen LogP contribution in [0.5, 0.6) is 6.01 Å². The molecule has 2 bridgehead atoms. The lowest BCUT2D eigenvalue weighted by Crippen LogP contribution is -2.57. The summed E-state index contributed by atoms with van der Waals surface area (Å²) < 4.78 is 43.8. The van der Waals surface area contributed by atoms with E-state index in [0.717, 1.165) is 22.0 Å². The molecule has 0 saturated carbocycles. The summed E-state index contributed by atoms with van der Waals surface area (Å²) in [5.41, 5.74) is 2.38. The van der Waals surface area contributed by atoms with Crippen LogP contribution in [0.2, 0.25) is 5.02 Å². The summed E-state index contributed by atoms with van der Waals surface area (Å²) in [7, 11) is 0. The smallest absolute Gasteiger partial charge is 0.408 e. The van der Waals surface area contributed by atoms with Crippen LogP contribution in [0.4, 0.5) is 29.5 Å². The number of aromatic nitrogens is 2. The van der Waals surface area contributed by atoms with Crippen molar-refractivity contribution < 1.29 is 32.9 Å². The summed E-state index contributed by atoms with van der Waals surface area (Å²) in [5.74, 6) is 0.511.